The fourth-order valence-electron chi connectivity index (χ4n) is 1.31. The van der Waals surface area contributed by atoms with E-state index in [2.05, 4.69) is 23.8 Å². The molecule has 0 saturated heterocycles. The third-order valence-corrected chi connectivity index (χ3v) is 1.86. The van der Waals surface area contributed by atoms with Crippen molar-refractivity contribution in [2.75, 3.05) is 18.5 Å². The number of rotatable bonds is 4. The number of hydrogen-bond acceptors (Lipinski definition) is 4. The van der Waals surface area contributed by atoms with Crippen LogP contribution in [-0.4, -0.2) is 34.6 Å². The molecule has 5 nitrogen and oxygen atoms in total. The second-order valence-corrected chi connectivity index (χ2v) is 3.82. The molecule has 1 rings (SSSR count). The Bertz CT molecular complexity index is 352. The predicted molar refractivity (Wildman–Crippen MR) is 57.1 cm³/mol. The molecule has 0 aliphatic rings. The Labute approximate surface area is 88.8 Å². The molecule has 1 aromatic rings. The molecule has 1 heterocycles. The quantitative estimate of drug-likeness (QED) is 0.808. The van der Waals surface area contributed by atoms with Gasteiger partial charge in [0.1, 0.15) is 5.82 Å². The van der Waals surface area contributed by atoms with Crippen LogP contribution < -0.4 is 4.90 Å². The highest BCUT2D eigenvalue weighted by Crippen LogP contribution is 2.09. The Kier molecular flexibility index (Phi) is 3.60. The Morgan fingerprint density at radius 1 is 1.60 bits per heavy atom. The van der Waals surface area contributed by atoms with Gasteiger partial charge >= 0.3 is 5.97 Å². The average molecular weight is 209 g/mol. The van der Waals surface area contributed by atoms with E-state index in [4.69, 9.17) is 5.11 Å². The molecule has 1 N–H and O–H groups in total. The van der Waals surface area contributed by atoms with Crippen LogP contribution in [0.3, 0.4) is 0 Å². The minimum Gasteiger partial charge on any atom is -0.475 e. The van der Waals surface area contributed by atoms with Crippen LogP contribution in [0.1, 0.15) is 24.5 Å². The first-order valence-electron chi connectivity index (χ1n) is 4.78. The van der Waals surface area contributed by atoms with Gasteiger partial charge in [0, 0.05) is 19.8 Å². The van der Waals surface area contributed by atoms with Gasteiger partial charge in [-0.05, 0) is 12.0 Å². The summed E-state index contributed by atoms with van der Waals surface area (Å²) in [7, 11) is 1.88. The normalized spacial score (nSPS) is 10.4. The second-order valence-electron chi connectivity index (χ2n) is 3.82. The summed E-state index contributed by atoms with van der Waals surface area (Å²) >= 11 is 0. The molecular formula is C10H15N3O2. The minimum absolute atomic E-state index is 0.164. The highest BCUT2D eigenvalue weighted by Gasteiger charge is 2.10. The zero-order valence-electron chi connectivity index (χ0n) is 9.14. The van der Waals surface area contributed by atoms with Crippen molar-refractivity contribution in [2.45, 2.75) is 13.8 Å². The number of carbonyl (C=O) groups is 1. The number of nitrogens with zero attached hydrogens (tertiary/aromatic N) is 3. The second kappa shape index (κ2) is 4.72. The molecule has 0 bridgehead atoms. The Hall–Kier alpha value is -1.65. The van der Waals surface area contributed by atoms with Gasteiger partial charge in [-0.1, -0.05) is 13.8 Å². The first-order valence-corrected chi connectivity index (χ1v) is 4.78. The lowest BCUT2D eigenvalue weighted by molar-refractivity contribution is 0.0683. The molecule has 0 spiro atoms. The topological polar surface area (TPSA) is 66.3 Å². The summed E-state index contributed by atoms with van der Waals surface area (Å²) in [6, 6.07) is 1.70. The highest BCUT2D eigenvalue weighted by atomic mass is 16.4. The smallest absolute Gasteiger partial charge is 0.374 e. The van der Waals surface area contributed by atoms with Gasteiger partial charge in [-0.2, -0.15) is 0 Å². The molecular weight excluding hydrogens is 194 g/mol. The molecule has 82 valence electrons. The lowest BCUT2D eigenvalue weighted by atomic mass is 10.2. The van der Waals surface area contributed by atoms with Crippen molar-refractivity contribution in [3.8, 4) is 0 Å². The molecule has 0 unspecified atom stereocenters. The zero-order valence-corrected chi connectivity index (χ0v) is 9.14. The van der Waals surface area contributed by atoms with Gasteiger partial charge in [0.15, 0.2) is 0 Å². The van der Waals surface area contributed by atoms with Crippen molar-refractivity contribution >= 4 is 11.8 Å². The molecule has 0 aromatic carbocycles. The fourth-order valence-corrected chi connectivity index (χ4v) is 1.31. The molecule has 0 aliphatic carbocycles. The molecule has 0 radical (unpaired) electrons. The van der Waals surface area contributed by atoms with Gasteiger partial charge in [-0.15, -0.1) is 0 Å². The Morgan fingerprint density at radius 3 is 2.80 bits per heavy atom. The number of hydrogen-bond donors (Lipinski definition) is 1. The first kappa shape index (κ1) is 11.4. The first-order chi connectivity index (χ1) is 7.00. The number of carboxylic acid groups (broad SMARTS) is 1. The van der Waals surface area contributed by atoms with Gasteiger partial charge < -0.3 is 10.0 Å². The summed E-state index contributed by atoms with van der Waals surface area (Å²) in [6.07, 6.45) is 1.46. The number of carboxylic acids is 1. The van der Waals surface area contributed by atoms with E-state index in [9.17, 15) is 4.79 Å². The SMILES string of the molecule is CC(C)CN(C)c1ccnc(C(=O)O)n1. The van der Waals surface area contributed by atoms with Crippen LogP contribution in [0.5, 0.6) is 0 Å². The van der Waals surface area contributed by atoms with E-state index in [0.29, 0.717) is 11.7 Å². The lowest BCUT2D eigenvalue weighted by Crippen LogP contribution is -2.24. The van der Waals surface area contributed by atoms with Crippen LogP contribution in [0.4, 0.5) is 5.82 Å². The largest absolute Gasteiger partial charge is 0.475 e. The Morgan fingerprint density at radius 2 is 2.27 bits per heavy atom. The van der Waals surface area contributed by atoms with Gasteiger partial charge in [-0.25, -0.2) is 14.8 Å². The van der Waals surface area contributed by atoms with Crippen LogP contribution in [0.15, 0.2) is 12.3 Å². The maximum Gasteiger partial charge on any atom is 0.374 e. The molecule has 0 saturated carbocycles. The fraction of sp³-hybridized carbons (Fsp3) is 0.500. The van der Waals surface area contributed by atoms with E-state index in [1.54, 1.807) is 6.07 Å². The van der Waals surface area contributed by atoms with E-state index in [0.717, 1.165) is 6.54 Å². The van der Waals surface area contributed by atoms with Crippen LogP contribution in [0, 0.1) is 5.92 Å². The predicted octanol–water partition coefficient (Wildman–Crippen LogP) is 1.27. The molecule has 0 fully saturated rings. The Balaban J connectivity index is 2.85. The van der Waals surface area contributed by atoms with Crippen molar-refractivity contribution in [1.82, 2.24) is 9.97 Å². The van der Waals surface area contributed by atoms with Crippen molar-refractivity contribution in [1.29, 1.82) is 0 Å². The standard InChI is InChI=1S/C10H15N3O2/c1-7(2)6-13(3)8-4-5-11-9(12-8)10(14)15/h4-5,7H,6H2,1-3H3,(H,14,15). The molecule has 15 heavy (non-hydrogen) atoms. The van der Waals surface area contributed by atoms with E-state index in [-0.39, 0.29) is 5.82 Å². The summed E-state index contributed by atoms with van der Waals surface area (Å²) in [5, 5.41) is 8.73. The van der Waals surface area contributed by atoms with Crippen LogP contribution in [0.2, 0.25) is 0 Å². The summed E-state index contributed by atoms with van der Waals surface area (Å²) in [5.41, 5.74) is 0. The maximum atomic E-state index is 10.7. The molecule has 0 aliphatic heterocycles. The van der Waals surface area contributed by atoms with Gasteiger partial charge in [-0.3, -0.25) is 0 Å². The number of aromatic nitrogens is 2. The van der Waals surface area contributed by atoms with Crippen molar-refractivity contribution in [2.24, 2.45) is 5.92 Å². The van der Waals surface area contributed by atoms with Gasteiger partial charge in [0.2, 0.25) is 5.82 Å². The average Bonchev–Trinajstić information content (AvgIpc) is 2.17. The number of anilines is 1. The van der Waals surface area contributed by atoms with Crippen molar-refractivity contribution in [3.63, 3.8) is 0 Å². The van der Waals surface area contributed by atoms with E-state index in [1.165, 1.54) is 6.20 Å². The lowest BCUT2D eigenvalue weighted by Gasteiger charge is -2.20. The molecule has 0 atom stereocenters. The van der Waals surface area contributed by atoms with Crippen molar-refractivity contribution in [3.05, 3.63) is 18.1 Å². The third-order valence-electron chi connectivity index (χ3n) is 1.86. The zero-order chi connectivity index (χ0) is 11.4. The van der Waals surface area contributed by atoms with Crippen molar-refractivity contribution < 1.29 is 9.90 Å². The monoisotopic (exact) mass is 209 g/mol. The van der Waals surface area contributed by atoms with E-state index >= 15 is 0 Å². The number of aromatic carboxylic acids is 1. The summed E-state index contributed by atoms with van der Waals surface area (Å²) in [4.78, 5) is 20.2. The molecule has 0 amide bonds. The molecule has 5 heteroatoms. The van der Waals surface area contributed by atoms with Gasteiger partial charge in [0.25, 0.3) is 0 Å². The van der Waals surface area contributed by atoms with E-state index < -0.39 is 5.97 Å². The van der Waals surface area contributed by atoms with Crippen LogP contribution >= 0.6 is 0 Å². The third kappa shape index (κ3) is 3.19. The van der Waals surface area contributed by atoms with Gasteiger partial charge in [0.05, 0.1) is 0 Å². The minimum atomic E-state index is -1.10. The highest BCUT2D eigenvalue weighted by molar-refractivity contribution is 5.83. The van der Waals surface area contributed by atoms with Crippen LogP contribution in [0.25, 0.3) is 0 Å². The summed E-state index contributed by atoms with van der Waals surface area (Å²) in [5.74, 6) is -0.132. The summed E-state index contributed by atoms with van der Waals surface area (Å²) in [6.45, 7) is 5.02. The summed E-state index contributed by atoms with van der Waals surface area (Å²) < 4.78 is 0. The van der Waals surface area contributed by atoms with Crippen LogP contribution in [-0.2, 0) is 0 Å². The van der Waals surface area contributed by atoms with E-state index in [1.807, 2.05) is 11.9 Å². The molecule has 1 aromatic heterocycles. The maximum absolute atomic E-state index is 10.7.